The van der Waals surface area contributed by atoms with Crippen LogP contribution in [0.1, 0.15) is 26.2 Å². The van der Waals surface area contributed by atoms with Crippen LogP contribution in [0.25, 0.3) is 0 Å². The zero-order valence-electron chi connectivity index (χ0n) is 12.4. The monoisotopic (exact) mass is 294 g/mol. The Morgan fingerprint density at radius 2 is 2.43 bits per heavy atom. The van der Waals surface area contributed by atoms with E-state index in [0.29, 0.717) is 24.6 Å². The maximum Gasteiger partial charge on any atom is 0.220 e. The molecule has 1 saturated heterocycles. The van der Waals surface area contributed by atoms with E-state index in [9.17, 15) is 9.18 Å². The Morgan fingerprint density at radius 1 is 1.57 bits per heavy atom. The molecular formula is C16H23FN2O2. The first kappa shape index (κ1) is 15.8. The minimum absolute atomic E-state index is 0.0524. The summed E-state index contributed by atoms with van der Waals surface area (Å²) in [6, 6.07) is 6.02. The van der Waals surface area contributed by atoms with Gasteiger partial charge >= 0.3 is 0 Å². The number of amides is 1. The summed E-state index contributed by atoms with van der Waals surface area (Å²) in [6.07, 6.45) is 2.45. The van der Waals surface area contributed by atoms with Crippen molar-refractivity contribution in [2.75, 3.05) is 19.6 Å². The lowest BCUT2D eigenvalue weighted by atomic mass is 10.0. The molecule has 1 amide bonds. The van der Waals surface area contributed by atoms with Crippen molar-refractivity contribution in [3.05, 3.63) is 30.1 Å². The number of hydrogen-bond donors (Lipinski definition) is 2. The highest BCUT2D eigenvalue weighted by Gasteiger charge is 2.16. The molecule has 0 bridgehead atoms. The molecule has 116 valence electrons. The van der Waals surface area contributed by atoms with Crippen molar-refractivity contribution >= 4 is 5.91 Å². The van der Waals surface area contributed by atoms with Gasteiger partial charge in [-0.05, 0) is 50.9 Å². The highest BCUT2D eigenvalue weighted by molar-refractivity contribution is 5.75. The van der Waals surface area contributed by atoms with E-state index in [0.717, 1.165) is 25.9 Å². The topological polar surface area (TPSA) is 50.4 Å². The van der Waals surface area contributed by atoms with Crippen LogP contribution in [0.15, 0.2) is 24.3 Å². The van der Waals surface area contributed by atoms with Crippen molar-refractivity contribution in [1.82, 2.24) is 10.6 Å². The van der Waals surface area contributed by atoms with Gasteiger partial charge < -0.3 is 15.4 Å². The molecule has 2 unspecified atom stereocenters. The van der Waals surface area contributed by atoms with Crippen LogP contribution in [0.5, 0.6) is 5.75 Å². The molecule has 2 rings (SSSR count). The standard InChI is InChI=1S/C16H23FN2O2/c1-12(21-15-4-2-3-14(17)9-15)10-19-16(20)6-5-13-7-8-18-11-13/h2-4,9,12-13,18H,5-8,10-11H2,1H3,(H,19,20). The number of benzene rings is 1. The molecule has 5 heteroatoms. The minimum Gasteiger partial charge on any atom is -0.489 e. The van der Waals surface area contributed by atoms with Crippen molar-refractivity contribution in [3.63, 3.8) is 0 Å². The first-order valence-corrected chi connectivity index (χ1v) is 7.53. The van der Waals surface area contributed by atoms with Crippen molar-refractivity contribution in [2.24, 2.45) is 5.92 Å². The average molecular weight is 294 g/mol. The lowest BCUT2D eigenvalue weighted by Gasteiger charge is -2.16. The third-order valence-electron chi connectivity index (χ3n) is 3.66. The molecule has 0 aromatic heterocycles. The molecule has 1 aromatic carbocycles. The van der Waals surface area contributed by atoms with Crippen LogP contribution in [0.3, 0.4) is 0 Å². The molecule has 1 heterocycles. The number of hydrogen-bond acceptors (Lipinski definition) is 3. The molecule has 0 saturated carbocycles. The van der Waals surface area contributed by atoms with Gasteiger partial charge in [0.1, 0.15) is 17.7 Å². The lowest BCUT2D eigenvalue weighted by molar-refractivity contribution is -0.121. The van der Waals surface area contributed by atoms with Crippen LogP contribution in [-0.4, -0.2) is 31.6 Å². The lowest BCUT2D eigenvalue weighted by Crippen LogP contribution is -2.33. The van der Waals surface area contributed by atoms with Crippen molar-refractivity contribution in [1.29, 1.82) is 0 Å². The average Bonchev–Trinajstić information content (AvgIpc) is 2.96. The van der Waals surface area contributed by atoms with Gasteiger partial charge in [0.15, 0.2) is 0 Å². The second kappa shape index (κ2) is 7.98. The van der Waals surface area contributed by atoms with Gasteiger partial charge in [0, 0.05) is 12.5 Å². The predicted molar refractivity (Wildman–Crippen MR) is 79.7 cm³/mol. The van der Waals surface area contributed by atoms with Gasteiger partial charge in [0.25, 0.3) is 0 Å². The fourth-order valence-electron chi connectivity index (χ4n) is 2.46. The van der Waals surface area contributed by atoms with Crippen LogP contribution < -0.4 is 15.4 Å². The van der Waals surface area contributed by atoms with Crippen LogP contribution in [0, 0.1) is 11.7 Å². The van der Waals surface area contributed by atoms with Crippen molar-refractivity contribution in [2.45, 2.75) is 32.3 Å². The van der Waals surface area contributed by atoms with Gasteiger partial charge in [-0.2, -0.15) is 0 Å². The Hall–Kier alpha value is -1.62. The summed E-state index contributed by atoms with van der Waals surface area (Å²) >= 11 is 0. The fraction of sp³-hybridized carbons (Fsp3) is 0.562. The van der Waals surface area contributed by atoms with E-state index in [2.05, 4.69) is 10.6 Å². The van der Waals surface area contributed by atoms with Crippen LogP contribution in [0.4, 0.5) is 4.39 Å². The van der Waals surface area contributed by atoms with Crippen LogP contribution in [-0.2, 0) is 4.79 Å². The number of halogens is 1. The third kappa shape index (κ3) is 5.71. The third-order valence-corrected chi connectivity index (χ3v) is 3.66. The summed E-state index contributed by atoms with van der Waals surface area (Å²) in [5.74, 6) is 0.830. The minimum atomic E-state index is -0.325. The number of nitrogens with one attached hydrogen (secondary N) is 2. The molecule has 1 fully saturated rings. The summed E-state index contributed by atoms with van der Waals surface area (Å²) in [4.78, 5) is 11.8. The zero-order chi connectivity index (χ0) is 15.1. The van der Waals surface area contributed by atoms with E-state index in [1.165, 1.54) is 12.1 Å². The number of ether oxygens (including phenoxy) is 1. The second-order valence-electron chi connectivity index (χ2n) is 5.59. The van der Waals surface area contributed by atoms with E-state index in [4.69, 9.17) is 4.74 Å². The Labute approximate surface area is 125 Å². The van der Waals surface area contributed by atoms with E-state index in [-0.39, 0.29) is 17.8 Å². The Bertz CT molecular complexity index is 461. The molecule has 1 aliphatic heterocycles. The SMILES string of the molecule is CC(CNC(=O)CCC1CCNC1)Oc1cccc(F)c1. The second-order valence-corrected chi connectivity index (χ2v) is 5.59. The molecule has 2 atom stereocenters. The zero-order valence-corrected chi connectivity index (χ0v) is 12.4. The molecule has 0 spiro atoms. The Kier molecular flexibility index (Phi) is 5.99. The summed E-state index contributed by atoms with van der Waals surface area (Å²) in [7, 11) is 0. The maximum absolute atomic E-state index is 13.0. The Balaban J connectivity index is 1.63. The van der Waals surface area contributed by atoms with E-state index in [1.54, 1.807) is 12.1 Å². The molecule has 2 N–H and O–H groups in total. The van der Waals surface area contributed by atoms with Gasteiger partial charge in [-0.15, -0.1) is 0 Å². The largest absolute Gasteiger partial charge is 0.489 e. The maximum atomic E-state index is 13.0. The number of carbonyl (C=O) groups excluding carboxylic acids is 1. The van der Waals surface area contributed by atoms with Gasteiger partial charge in [-0.25, -0.2) is 4.39 Å². The first-order chi connectivity index (χ1) is 10.1. The van der Waals surface area contributed by atoms with Crippen molar-refractivity contribution < 1.29 is 13.9 Å². The molecule has 0 radical (unpaired) electrons. The molecule has 1 aliphatic rings. The molecule has 21 heavy (non-hydrogen) atoms. The fourth-order valence-corrected chi connectivity index (χ4v) is 2.46. The smallest absolute Gasteiger partial charge is 0.220 e. The van der Waals surface area contributed by atoms with Gasteiger partial charge in [-0.3, -0.25) is 4.79 Å². The van der Waals surface area contributed by atoms with Gasteiger partial charge in [0.05, 0.1) is 6.54 Å². The molecule has 0 aliphatic carbocycles. The summed E-state index contributed by atoms with van der Waals surface area (Å²) in [5, 5.41) is 6.16. The van der Waals surface area contributed by atoms with Crippen LogP contribution >= 0.6 is 0 Å². The first-order valence-electron chi connectivity index (χ1n) is 7.53. The van der Waals surface area contributed by atoms with E-state index >= 15 is 0 Å². The highest BCUT2D eigenvalue weighted by Crippen LogP contribution is 2.15. The van der Waals surface area contributed by atoms with Crippen molar-refractivity contribution in [3.8, 4) is 5.75 Å². The molecule has 1 aromatic rings. The van der Waals surface area contributed by atoms with E-state index < -0.39 is 0 Å². The number of rotatable bonds is 7. The number of carbonyl (C=O) groups is 1. The molecular weight excluding hydrogens is 271 g/mol. The van der Waals surface area contributed by atoms with Gasteiger partial charge in [0.2, 0.25) is 5.91 Å². The highest BCUT2D eigenvalue weighted by atomic mass is 19.1. The normalized spacial score (nSPS) is 19.2. The summed E-state index contributed by atoms with van der Waals surface area (Å²) in [6.45, 7) is 4.36. The van der Waals surface area contributed by atoms with E-state index in [1.807, 2.05) is 6.92 Å². The van der Waals surface area contributed by atoms with Crippen LogP contribution in [0.2, 0.25) is 0 Å². The summed E-state index contributed by atoms with van der Waals surface area (Å²) < 4.78 is 18.6. The predicted octanol–water partition coefficient (Wildman–Crippen LogP) is 2.10. The Morgan fingerprint density at radius 3 is 3.14 bits per heavy atom. The van der Waals surface area contributed by atoms with Gasteiger partial charge in [-0.1, -0.05) is 6.07 Å². The molecule has 4 nitrogen and oxygen atoms in total. The summed E-state index contributed by atoms with van der Waals surface area (Å²) in [5.41, 5.74) is 0. The quantitative estimate of drug-likeness (QED) is 0.809.